The fraction of sp³-hybridized carbons (Fsp3) is 0.500. The van der Waals surface area contributed by atoms with Gasteiger partial charge in [-0.05, 0) is 32.1 Å². The molecule has 0 aliphatic heterocycles. The minimum Gasteiger partial charge on any atom is -0.130 e. The molecule has 50 valence electrons. The van der Waals surface area contributed by atoms with Gasteiger partial charge in [0, 0.05) is 4.91 Å². The van der Waals surface area contributed by atoms with Crippen molar-refractivity contribution in [3.8, 4) is 0 Å². The Hall–Kier alpha value is -0.170. The van der Waals surface area contributed by atoms with E-state index in [2.05, 4.69) is 25.3 Å². The van der Waals surface area contributed by atoms with Crippen molar-refractivity contribution in [1.29, 1.82) is 0 Å². The molecule has 0 bridgehead atoms. The molecule has 0 amide bonds. The monoisotopic (exact) mass is 140 g/mol. The van der Waals surface area contributed by atoms with Crippen LogP contribution in [0.3, 0.4) is 0 Å². The first-order chi connectivity index (χ1) is 4.33. The maximum absolute atomic E-state index is 2.30. The van der Waals surface area contributed by atoms with Crippen LogP contribution in [-0.2, 0) is 0 Å². The Kier molecular flexibility index (Phi) is 2.40. The van der Waals surface area contributed by atoms with Gasteiger partial charge < -0.3 is 0 Å². The third kappa shape index (κ3) is 1.90. The summed E-state index contributed by atoms with van der Waals surface area (Å²) in [6, 6.07) is 0. The van der Waals surface area contributed by atoms with E-state index in [9.17, 15) is 0 Å². The second-order valence-corrected chi connectivity index (χ2v) is 3.22. The average Bonchev–Trinajstić information content (AvgIpc) is 1.88. The first kappa shape index (κ1) is 6.94. The summed E-state index contributed by atoms with van der Waals surface area (Å²) in [7, 11) is 0. The topological polar surface area (TPSA) is 0 Å². The van der Waals surface area contributed by atoms with Crippen LogP contribution >= 0.6 is 11.8 Å². The lowest BCUT2D eigenvalue weighted by molar-refractivity contribution is 0.958. The molecule has 9 heavy (non-hydrogen) atoms. The predicted molar refractivity (Wildman–Crippen MR) is 44.6 cm³/mol. The quantitative estimate of drug-likeness (QED) is 0.539. The Morgan fingerprint density at radius 2 is 2.33 bits per heavy atom. The van der Waals surface area contributed by atoms with Gasteiger partial charge in [-0.15, -0.1) is 11.8 Å². The van der Waals surface area contributed by atoms with Gasteiger partial charge in [0.25, 0.3) is 0 Å². The summed E-state index contributed by atoms with van der Waals surface area (Å²) in [6.07, 6.45) is 9.19. The van der Waals surface area contributed by atoms with Gasteiger partial charge in [0.2, 0.25) is 0 Å². The fourth-order valence-electron chi connectivity index (χ4n) is 0.958. The minimum atomic E-state index is 1.23. The molecule has 0 unspecified atom stereocenters. The smallest absolute Gasteiger partial charge is 0.00287 e. The Balaban J connectivity index is 2.63. The molecule has 0 aromatic heterocycles. The summed E-state index contributed by atoms with van der Waals surface area (Å²) in [5.41, 5.74) is 1.52. The number of hydrogen-bond donors (Lipinski definition) is 0. The van der Waals surface area contributed by atoms with Crippen molar-refractivity contribution >= 4 is 11.8 Å². The second kappa shape index (κ2) is 3.11. The van der Waals surface area contributed by atoms with Crippen LogP contribution in [0.2, 0.25) is 0 Å². The largest absolute Gasteiger partial charge is 0.130 e. The highest BCUT2D eigenvalue weighted by Gasteiger charge is 1.98. The van der Waals surface area contributed by atoms with E-state index >= 15 is 0 Å². The van der Waals surface area contributed by atoms with Crippen molar-refractivity contribution in [2.24, 2.45) is 0 Å². The Morgan fingerprint density at radius 1 is 1.56 bits per heavy atom. The zero-order chi connectivity index (χ0) is 6.69. The second-order valence-electron chi connectivity index (χ2n) is 2.34. The van der Waals surface area contributed by atoms with Gasteiger partial charge in [0.15, 0.2) is 0 Å². The Morgan fingerprint density at radius 3 is 2.78 bits per heavy atom. The van der Waals surface area contributed by atoms with Crippen LogP contribution in [0.4, 0.5) is 0 Å². The molecule has 0 atom stereocenters. The highest BCUT2D eigenvalue weighted by molar-refractivity contribution is 8.02. The summed E-state index contributed by atoms with van der Waals surface area (Å²) >= 11 is 1.83. The number of rotatable bonds is 1. The summed E-state index contributed by atoms with van der Waals surface area (Å²) in [6.45, 7) is 2.20. The van der Waals surface area contributed by atoms with E-state index in [0.29, 0.717) is 0 Å². The molecule has 0 saturated heterocycles. The molecule has 0 heterocycles. The highest BCUT2D eigenvalue weighted by Crippen LogP contribution is 2.23. The molecule has 0 aromatic rings. The van der Waals surface area contributed by atoms with Crippen molar-refractivity contribution in [2.45, 2.75) is 19.8 Å². The molecule has 0 N–H and O–H groups in total. The molecular formula is C8H12S. The van der Waals surface area contributed by atoms with Crippen LogP contribution in [0.25, 0.3) is 0 Å². The van der Waals surface area contributed by atoms with Crippen molar-refractivity contribution < 1.29 is 0 Å². The van der Waals surface area contributed by atoms with Crippen LogP contribution in [0.15, 0.2) is 22.6 Å². The SMILES string of the molecule is CSC1=CCCC(C)=C1. The van der Waals surface area contributed by atoms with Crippen molar-refractivity contribution in [1.82, 2.24) is 0 Å². The van der Waals surface area contributed by atoms with Gasteiger partial charge in [-0.2, -0.15) is 0 Å². The Labute approximate surface area is 61.0 Å². The van der Waals surface area contributed by atoms with Gasteiger partial charge in [-0.1, -0.05) is 11.6 Å². The number of allylic oxidation sites excluding steroid dienone is 3. The van der Waals surface area contributed by atoms with Crippen LogP contribution in [0, 0.1) is 0 Å². The van der Waals surface area contributed by atoms with Crippen LogP contribution in [-0.4, -0.2) is 6.26 Å². The lowest BCUT2D eigenvalue weighted by atomic mass is 10.1. The Bertz CT molecular complexity index is 154. The van der Waals surface area contributed by atoms with Crippen molar-refractivity contribution in [3.05, 3.63) is 22.6 Å². The van der Waals surface area contributed by atoms with Gasteiger partial charge in [0.1, 0.15) is 0 Å². The van der Waals surface area contributed by atoms with Crippen LogP contribution in [0.1, 0.15) is 19.8 Å². The van der Waals surface area contributed by atoms with E-state index in [1.54, 1.807) is 0 Å². The average molecular weight is 140 g/mol. The maximum atomic E-state index is 2.30. The molecular weight excluding hydrogens is 128 g/mol. The zero-order valence-corrected chi connectivity index (χ0v) is 6.79. The van der Waals surface area contributed by atoms with E-state index in [0.717, 1.165) is 0 Å². The number of thioether (sulfide) groups is 1. The standard InChI is InChI=1S/C8H12S/c1-7-4-3-5-8(6-7)9-2/h5-6H,3-4H2,1-2H3. The number of hydrogen-bond acceptors (Lipinski definition) is 1. The van der Waals surface area contributed by atoms with Crippen LogP contribution < -0.4 is 0 Å². The molecule has 0 aromatic carbocycles. The molecule has 1 aliphatic rings. The van der Waals surface area contributed by atoms with E-state index < -0.39 is 0 Å². The minimum absolute atomic E-state index is 1.23. The lowest BCUT2D eigenvalue weighted by Gasteiger charge is -2.06. The van der Waals surface area contributed by atoms with Crippen molar-refractivity contribution in [3.63, 3.8) is 0 Å². The van der Waals surface area contributed by atoms with E-state index in [4.69, 9.17) is 0 Å². The fourth-order valence-corrected chi connectivity index (χ4v) is 1.56. The van der Waals surface area contributed by atoms with Crippen molar-refractivity contribution in [2.75, 3.05) is 6.26 Å². The molecule has 1 heteroatoms. The highest BCUT2D eigenvalue weighted by atomic mass is 32.2. The summed E-state index contributed by atoms with van der Waals surface area (Å²) in [4.78, 5) is 1.43. The normalized spacial score (nSPS) is 18.9. The van der Waals surface area contributed by atoms with Gasteiger partial charge in [-0.25, -0.2) is 0 Å². The van der Waals surface area contributed by atoms with E-state index in [-0.39, 0.29) is 0 Å². The molecule has 0 radical (unpaired) electrons. The lowest BCUT2D eigenvalue weighted by Crippen LogP contribution is -1.84. The zero-order valence-electron chi connectivity index (χ0n) is 5.98. The third-order valence-corrected chi connectivity index (χ3v) is 2.26. The van der Waals surface area contributed by atoms with E-state index in [1.165, 1.54) is 23.3 Å². The molecule has 0 saturated carbocycles. The summed E-state index contributed by atoms with van der Waals surface area (Å²) < 4.78 is 0. The predicted octanol–water partition coefficient (Wildman–Crippen LogP) is 2.97. The molecule has 0 nitrogen and oxygen atoms in total. The van der Waals surface area contributed by atoms with Gasteiger partial charge in [0.05, 0.1) is 0 Å². The molecule has 1 aliphatic carbocycles. The first-order valence-electron chi connectivity index (χ1n) is 3.24. The first-order valence-corrected chi connectivity index (χ1v) is 4.46. The molecule has 0 spiro atoms. The summed E-state index contributed by atoms with van der Waals surface area (Å²) in [5.74, 6) is 0. The van der Waals surface area contributed by atoms with Crippen LogP contribution in [0.5, 0.6) is 0 Å². The van der Waals surface area contributed by atoms with E-state index in [1.807, 2.05) is 11.8 Å². The molecule has 0 fully saturated rings. The van der Waals surface area contributed by atoms with Gasteiger partial charge >= 0.3 is 0 Å². The maximum Gasteiger partial charge on any atom is 0.00287 e. The molecule has 1 rings (SSSR count). The third-order valence-electron chi connectivity index (χ3n) is 1.51. The summed E-state index contributed by atoms with van der Waals surface area (Å²) in [5, 5.41) is 0. The van der Waals surface area contributed by atoms with Gasteiger partial charge in [-0.3, -0.25) is 0 Å².